The third-order valence-corrected chi connectivity index (χ3v) is 4.34. The minimum atomic E-state index is -0.735. The summed E-state index contributed by atoms with van der Waals surface area (Å²) in [5, 5.41) is 11.7. The number of carboxylic acid groups (broad SMARTS) is 1. The van der Waals surface area contributed by atoms with Crippen LogP contribution >= 0.6 is 0 Å². The molecule has 0 atom stereocenters. The molecule has 0 heterocycles. The van der Waals surface area contributed by atoms with Crippen LogP contribution in [-0.2, 0) is 9.59 Å². The molecule has 2 N–H and O–H groups in total. The van der Waals surface area contributed by atoms with Gasteiger partial charge < -0.3 is 10.4 Å². The van der Waals surface area contributed by atoms with Gasteiger partial charge in [0.25, 0.3) is 0 Å². The van der Waals surface area contributed by atoms with Crippen LogP contribution in [0.15, 0.2) is 0 Å². The molecule has 2 fully saturated rings. The number of carbonyl (C=O) groups excluding carboxylic acids is 1. The molecule has 0 radical (unpaired) electrons. The second kappa shape index (κ2) is 6.21. The second-order valence-electron chi connectivity index (χ2n) is 5.81. The number of hydrogen-bond acceptors (Lipinski definition) is 2. The normalized spacial score (nSPS) is 27.8. The van der Waals surface area contributed by atoms with Gasteiger partial charge in [0.2, 0.25) is 5.91 Å². The molecule has 2 aliphatic rings. The maximum Gasteiger partial charge on any atom is 0.306 e. The summed E-state index contributed by atoms with van der Waals surface area (Å²) in [5.74, 6) is -0.0322. The van der Waals surface area contributed by atoms with Crippen LogP contribution in [-0.4, -0.2) is 23.0 Å². The first-order chi connectivity index (χ1) is 8.65. The van der Waals surface area contributed by atoms with Crippen molar-refractivity contribution in [2.45, 2.75) is 63.8 Å². The molecule has 0 saturated heterocycles. The topological polar surface area (TPSA) is 66.4 Å². The molecule has 4 heteroatoms. The van der Waals surface area contributed by atoms with E-state index in [-0.39, 0.29) is 17.9 Å². The zero-order valence-electron chi connectivity index (χ0n) is 10.9. The molecule has 2 saturated carbocycles. The number of carbonyl (C=O) groups is 2. The Hall–Kier alpha value is -1.06. The fraction of sp³-hybridized carbons (Fsp3) is 0.857. The van der Waals surface area contributed by atoms with E-state index < -0.39 is 5.97 Å². The van der Waals surface area contributed by atoms with E-state index in [2.05, 4.69) is 5.32 Å². The van der Waals surface area contributed by atoms with Gasteiger partial charge in [-0.15, -0.1) is 0 Å². The summed E-state index contributed by atoms with van der Waals surface area (Å²) in [7, 11) is 0. The summed E-state index contributed by atoms with van der Waals surface area (Å²) < 4.78 is 0. The molecule has 0 bridgehead atoms. The Morgan fingerprint density at radius 3 is 2.44 bits per heavy atom. The van der Waals surface area contributed by atoms with Crippen LogP contribution in [0.5, 0.6) is 0 Å². The summed E-state index contributed by atoms with van der Waals surface area (Å²) >= 11 is 0. The summed E-state index contributed by atoms with van der Waals surface area (Å²) in [6.07, 6.45) is 9.35. The first-order valence-corrected chi connectivity index (χ1v) is 7.17. The van der Waals surface area contributed by atoms with E-state index in [9.17, 15) is 9.59 Å². The minimum Gasteiger partial charge on any atom is -0.481 e. The van der Waals surface area contributed by atoms with Gasteiger partial charge in [0.15, 0.2) is 0 Å². The smallest absolute Gasteiger partial charge is 0.306 e. The van der Waals surface area contributed by atoms with Crippen molar-refractivity contribution in [1.29, 1.82) is 0 Å². The highest BCUT2D eigenvalue weighted by Crippen LogP contribution is 2.29. The quantitative estimate of drug-likeness (QED) is 0.763. The molecule has 0 aromatic heterocycles. The lowest BCUT2D eigenvalue weighted by Crippen LogP contribution is -2.46. The van der Waals surface area contributed by atoms with Crippen molar-refractivity contribution in [3.05, 3.63) is 0 Å². The SMILES string of the molecule is O=C(CCCC1CCCC1)NC1CC(C(=O)O)C1. The number of carboxylic acids is 1. The number of hydrogen-bond donors (Lipinski definition) is 2. The Morgan fingerprint density at radius 2 is 1.83 bits per heavy atom. The Balaban J connectivity index is 1.52. The van der Waals surface area contributed by atoms with Crippen LogP contribution in [0.2, 0.25) is 0 Å². The van der Waals surface area contributed by atoms with Crippen LogP contribution in [0, 0.1) is 11.8 Å². The molecular weight excluding hydrogens is 230 g/mol. The minimum absolute atomic E-state index is 0.0989. The molecule has 1 amide bonds. The lowest BCUT2D eigenvalue weighted by atomic mass is 9.80. The van der Waals surface area contributed by atoms with Crippen molar-refractivity contribution in [3.8, 4) is 0 Å². The van der Waals surface area contributed by atoms with Crippen molar-refractivity contribution >= 4 is 11.9 Å². The first-order valence-electron chi connectivity index (χ1n) is 7.17. The highest BCUT2D eigenvalue weighted by atomic mass is 16.4. The van der Waals surface area contributed by atoms with Crippen molar-refractivity contribution in [1.82, 2.24) is 5.32 Å². The van der Waals surface area contributed by atoms with Crippen LogP contribution in [0.1, 0.15) is 57.8 Å². The van der Waals surface area contributed by atoms with E-state index in [1.165, 1.54) is 32.1 Å². The van der Waals surface area contributed by atoms with Gasteiger partial charge in [0.1, 0.15) is 0 Å². The molecule has 18 heavy (non-hydrogen) atoms. The Kier molecular flexibility index (Phi) is 4.61. The van der Waals surface area contributed by atoms with Gasteiger partial charge in [-0.1, -0.05) is 25.7 Å². The van der Waals surface area contributed by atoms with Crippen molar-refractivity contribution in [2.75, 3.05) is 0 Å². The molecule has 0 aromatic carbocycles. The predicted octanol–water partition coefficient (Wildman–Crippen LogP) is 2.33. The zero-order valence-corrected chi connectivity index (χ0v) is 10.9. The average molecular weight is 253 g/mol. The molecule has 0 aliphatic heterocycles. The third-order valence-electron chi connectivity index (χ3n) is 4.34. The average Bonchev–Trinajstić information content (AvgIpc) is 2.75. The molecule has 2 aliphatic carbocycles. The Bertz CT molecular complexity index is 304. The van der Waals surface area contributed by atoms with E-state index in [0.717, 1.165) is 12.3 Å². The van der Waals surface area contributed by atoms with Gasteiger partial charge in [0.05, 0.1) is 5.92 Å². The van der Waals surface area contributed by atoms with Crippen LogP contribution in [0.3, 0.4) is 0 Å². The molecule has 0 unspecified atom stereocenters. The third kappa shape index (κ3) is 3.72. The molecule has 0 spiro atoms. The predicted molar refractivity (Wildman–Crippen MR) is 68.1 cm³/mol. The fourth-order valence-corrected chi connectivity index (χ4v) is 3.09. The second-order valence-corrected chi connectivity index (χ2v) is 5.81. The lowest BCUT2D eigenvalue weighted by Gasteiger charge is -2.32. The molecule has 2 rings (SSSR count). The van der Waals surface area contributed by atoms with Gasteiger partial charge in [0, 0.05) is 12.5 Å². The maximum atomic E-state index is 11.6. The van der Waals surface area contributed by atoms with E-state index in [1.807, 2.05) is 0 Å². The number of rotatable bonds is 6. The van der Waals surface area contributed by atoms with Gasteiger partial charge in [-0.05, 0) is 31.6 Å². The summed E-state index contributed by atoms with van der Waals surface area (Å²) in [5.41, 5.74) is 0. The summed E-state index contributed by atoms with van der Waals surface area (Å²) in [4.78, 5) is 22.3. The van der Waals surface area contributed by atoms with Gasteiger partial charge in [-0.25, -0.2) is 0 Å². The van der Waals surface area contributed by atoms with Crippen molar-refractivity contribution < 1.29 is 14.7 Å². The summed E-state index contributed by atoms with van der Waals surface area (Å²) in [6.45, 7) is 0. The Labute approximate surface area is 108 Å². The van der Waals surface area contributed by atoms with Crippen molar-refractivity contribution in [2.24, 2.45) is 11.8 Å². The van der Waals surface area contributed by atoms with E-state index in [0.29, 0.717) is 19.3 Å². The standard InChI is InChI=1S/C14H23NO3/c16-13(7-3-6-10-4-1-2-5-10)15-12-8-11(9-12)14(17)18/h10-12H,1-9H2,(H,15,16)(H,17,18). The molecule has 102 valence electrons. The number of nitrogens with one attached hydrogen (secondary N) is 1. The largest absolute Gasteiger partial charge is 0.481 e. The van der Waals surface area contributed by atoms with E-state index in [1.54, 1.807) is 0 Å². The highest BCUT2D eigenvalue weighted by molar-refractivity contribution is 5.77. The lowest BCUT2D eigenvalue weighted by molar-refractivity contribution is -0.146. The first kappa shape index (κ1) is 13.4. The monoisotopic (exact) mass is 253 g/mol. The van der Waals surface area contributed by atoms with E-state index in [4.69, 9.17) is 5.11 Å². The van der Waals surface area contributed by atoms with Crippen LogP contribution < -0.4 is 5.32 Å². The fourth-order valence-electron chi connectivity index (χ4n) is 3.09. The van der Waals surface area contributed by atoms with E-state index >= 15 is 0 Å². The maximum absolute atomic E-state index is 11.6. The number of aliphatic carboxylic acids is 1. The van der Waals surface area contributed by atoms with Gasteiger partial charge >= 0.3 is 5.97 Å². The Morgan fingerprint density at radius 1 is 1.17 bits per heavy atom. The molecule has 0 aromatic rings. The zero-order chi connectivity index (χ0) is 13.0. The number of amides is 1. The van der Waals surface area contributed by atoms with Crippen LogP contribution in [0.25, 0.3) is 0 Å². The molecular formula is C14H23NO3. The van der Waals surface area contributed by atoms with Crippen molar-refractivity contribution in [3.63, 3.8) is 0 Å². The van der Waals surface area contributed by atoms with Crippen LogP contribution in [0.4, 0.5) is 0 Å². The highest BCUT2D eigenvalue weighted by Gasteiger charge is 2.35. The summed E-state index contributed by atoms with van der Waals surface area (Å²) in [6, 6.07) is 0.102. The van der Waals surface area contributed by atoms with Gasteiger partial charge in [-0.2, -0.15) is 0 Å². The molecule has 4 nitrogen and oxygen atoms in total. The van der Waals surface area contributed by atoms with Gasteiger partial charge in [-0.3, -0.25) is 9.59 Å².